The number of aliphatic hydroxyl groups excluding tert-OH is 1. The number of morpholine rings is 1. The van der Waals surface area contributed by atoms with Crippen LogP contribution in [0, 0.1) is 0 Å². The molecule has 10 heteroatoms. The van der Waals surface area contributed by atoms with Gasteiger partial charge >= 0.3 is 6.18 Å². The summed E-state index contributed by atoms with van der Waals surface area (Å²) in [6.07, 6.45) is -5.16. The van der Waals surface area contributed by atoms with Crippen molar-refractivity contribution in [1.29, 1.82) is 0 Å². The molecule has 1 N–H and O–H groups in total. The van der Waals surface area contributed by atoms with Crippen LogP contribution in [0.2, 0.25) is 0 Å². The zero-order valence-electron chi connectivity index (χ0n) is 11.5. The number of halogens is 3. The number of alkyl halides is 3. The molecule has 0 radical (unpaired) electrons. The first-order valence-corrected chi connectivity index (χ1v) is 7.28. The van der Waals surface area contributed by atoms with E-state index in [-0.39, 0.29) is 11.7 Å². The van der Waals surface area contributed by atoms with Gasteiger partial charge < -0.3 is 14.7 Å². The van der Waals surface area contributed by atoms with Crippen molar-refractivity contribution in [3.63, 3.8) is 0 Å². The van der Waals surface area contributed by atoms with Crippen LogP contribution in [0.3, 0.4) is 0 Å². The lowest BCUT2D eigenvalue weighted by atomic mass is 10.3. The highest BCUT2D eigenvalue weighted by Crippen LogP contribution is 2.33. The van der Waals surface area contributed by atoms with Gasteiger partial charge in [-0.1, -0.05) is 11.3 Å². The number of ether oxygens (including phenoxy) is 1. The van der Waals surface area contributed by atoms with Crippen molar-refractivity contribution >= 4 is 16.5 Å². The maximum absolute atomic E-state index is 12.5. The third kappa shape index (κ3) is 4.77. The monoisotopic (exact) mass is 326 g/mol. The highest BCUT2D eigenvalue weighted by Gasteiger charge is 2.36. The van der Waals surface area contributed by atoms with Crippen molar-refractivity contribution in [1.82, 2.24) is 15.1 Å². The van der Waals surface area contributed by atoms with Gasteiger partial charge in [0.1, 0.15) is 0 Å². The molecule has 2 heterocycles. The second-order valence-corrected chi connectivity index (χ2v) is 5.79. The third-order valence-electron chi connectivity index (χ3n) is 3.04. The van der Waals surface area contributed by atoms with E-state index >= 15 is 0 Å². The van der Waals surface area contributed by atoms with E-state index in [0.717, 1.165) is 13.1 Å². The van der Waals surface area contributed by atoms with Gasteiger partial charge in [0.15, 0.2) is 0 Å². The molecule has 120 valence electrons. The number of β-amino-alcohol motifs (C(OH)–C–C–N with tert-alkyl or cyclic N) is 1. The quantitative estimate of drug-likeness (QED) is 0.859. The Morgan fingerprint density at radius 3 is 2.62 bits per heavy atom. The van der Waals surface area contributed by atoms with E-state index in [1.54, 1.807) is 7.05 Å². The molecule has 0 spiro atoms. The molecule has 1 atom stereocenters. The van der Waals surface area contributed by atoms with Crippen molar-refractivity contribution in [2.24, 2.45) is 0 Å². The first kappa shape index (κ1) is 16.4. The Hall–Kier alpha value is -0.970. The Kier molecular flexibility index (Phi) is 5.36. The first-order chi connectivity index (χ1) is 9.86. The Morgan fingerprint density at radius 2 is 2.05 bits per heavy atom. The van der Waals surface area contributed by atoms with Crippen molar-refractivity contribution in [2.75, 3.05) is 51.3 Å². The molecule has 1 saturated heterocycles. The largest absolute Gasteiger partial charge is 0.445 e. The van der Waals surface area contributed by atoms with Crippen LogP contribution in [-0.4, -0.2) is 72.7 Å². The van der Waals surface area contributed by atoms with Gasteiger partial charge in [-0.2, -0.15) is 13.2 Å². The molecule has 0 aliphatic carbocycles. The van der Waals surface area contributed by atoms with Crippen LogP contribution in [0.1, 0.15) is 5.01 Å². The fraction of sp³-hybridized carbons (Fsp3) is 0.818. The molecule has 1 aromatic rings. The fourth-order valence-electron chi connectivity index (χ4n) is 2.02. The van der Waals surface area contributed by atoms with E-state index in [9.17, 15) is 18.3 Å². The first-order valence-electron chi connectivity index (χ1n) is 6.46. The van der Waals surface area contributed by atoms with Crippen LogP contribution >= 0.6 is 11.3 Å². The van der Waals surface area contributed by atoms with Gasteiger partial charge in [-0.15, -0.1) is 10.2 Å². The van der Waals surface area contributed by atoms with E-state index in [4.69, 9.17) is 4.74 Å². The van der Waals surface area contributed by atoms with Gasteiger partial charge in [-0.05, 0) is 0 Å². The number of hydrogen-bond acceptors (Lipinski definition) is 7. The van der Waals surface area contributed by atoms with Crippen LogP contribution in [0.5, 0.6) is 0 Å². The van der Waals surface area contributed by atoms with E-state index in [1.165, 1.54) is 4.90 Å². The normalized spacial score (nSPS) is 18.7. The summed E-state index contributed by atoms with van der Waals surface area (Å²) in [7, 11) is 1.59. The lowest BCUT2D eigenvalue weighted by molar-refractivity contribution is -0.138. The Morgan fingerprint density at radius 1 is 1.38 bits per heavy atom. The van der Waals surface area contributed by atoms with Crippen LogP contribution in [-0.2, 0) is 10.9 Å². The summed E-state index contributed by atoms with van der Waals surface area (Å²) >= 11 is 0.470. The summed E-state index contributed by atoms with van der Waals surface area (Å²) in [6.45, 7) is 3.42. The Balaban J connectivity index is 1.85. The number of anilines is 1. The van der Waals surface area contributed by atoms with E-state index in [0.29, 0.717) is 31.1 Å². The predicted octanol–water partition coefficient (Wildman–Crippen LogP) is 0.686. The molecule has 6 nitrogen and oxygen atoms in total. The van der Waals surface area contributed by atoms with Crippen molar-refractivity contribution in [3.05, 3.63) is 5.01 Å². The topological polar surface area (TPSA) is 61.7 Å². The highest BCUT2D eigenvalue weighted by molar-refractivity contribution is 7.15. The number of aliphatic hydroxyl groups is 1. The predicted molar refractivity (Wildman–Crippen MR) is 71.4 cm³/mol. The van der Waals surface area contributed by atoms with Crippen molar-refractivity contribution in [2.45, 2.75) is 12.3 Å². The lowest BCUT2D eigenvalue weighted by Crippen LogP contribution is -2.44. The molecule has 0 saturated carbocycles. The second kappa shape index (κ2) is 6.86. The van der Waals surface area contributed by atoms with Crippen LogP contribution in [0.25, 0.3) is 0 Å². The number of aromatic nitrogens is 2. The van der Waals surface area contributed by atoms with E-state index in [2.05, 4.69) is 15.1 Å². The van der Waals surface area contributed by atoms with Gasteiger partial charge in [-0.25, -0.2) is 0 Å². The van der Waals surface area contributed by atoms with Gasteiger partial charge in [0.25, 0.3) is 0 Å². The van der Waals surface area contributed by atoms with Gasteiger partial charge in [0, 0.05) is 33.2 Å². The number of nitrogens with zero attached hydrogens (tertiary/aromatic N) is 4. The fourth-order valence-corrected chi connectivity index (χ4v) is 2.70. The zero-order chi connectivity index (χ0) is 15.5. The maximum atomic E-state index is 12.5. The SMILES string of the molecule is CN(CC(O)CN1CCOCC1)c1nnc(C(F)(F)F)s1. The molecule has 1 aromatic heterocycles. The van der Waals surface area contributed by atoms with Gasteiger partial charge in [0.05, 0.1) is 19.3 Å². The third-order valence-corrected chi connectivity index (χ3v) is 4.12. The molecule has 1 aliphatic heterocycles. The van der Waals surface area contributed by atoms with E-state index < -0.39 is 17.3 Å². The maximum Gasteiger partial charge on any atom is 0.445 e. The van der Waals surface area contributed by atoms with Crippen molar-refractivity contribution < 1.29 is 23.0 Å². The van der Waals surface area contributed by atoms with Crippen LogP contribution in [0.15, 0.2) is 0 Å². The summed E-state index contributed by atoms with van der Waals surface area (Å²) in [5.41, 5.74) is 0. The second-order valence-electron chi connectivity index (χ2n) is 4.83. The average Bonchev–Trinajstić information content (AvgIpc) is 2.89. The minimum atomic E-state index is -4.48. The van der Waals surface area contributed by atoms with Gasteiger partial charge in [0.2, 0.25) is 10.1 Å². The summed E-state index contributed by atoms with van der Waals surface area (Å²) in [5.74, 6) is 0. The summed E-state index contributed by atoms with van der Waals surface area (Å²) in [6, 6.07) is 0. The smallest absolute Gasteiger partial charge is 0.390 e. The molecule has 0 aromatic carbocycles. The molecule has 1 unspecified atom stereocenters. The molecule has 1 aliphatic rings. The zero-order valence-corrected chi connectivity index (χ0v) is 12.3. The number of hydrogen-bond donors (Lipinski definition) is 1. The highest BCUT2D eigenvalue weighted by atomic mass is 32.1. The number of rotatable bonds is 5. The summed E-state index contributed by atoms with van der Waals surface area (Å²) in [4.78, 5) is 3.54. The number of likely N-dealkylation sites (N-methyl/N-ethyl adjacent to an activating group) is 1. The molecule has 2 rings (SSSR count). The minimum absolute atomic E-state index is 0.142. The molecular formula is C11H17F3N4O2S. The summed E-state index contributed by atoms with van der Waals surface area (Å²) < 4.78 is 42.6. The molecule has 0 bridgehead atoms. The summed E-state index contributed by atoms with van der Waals surface area (Å²) in [5, 5.41) is 15.8. The Bertz CT molecular complexity index is 451. The van der Waals surface area contributed by atoms with Crippen molar-refractivity contribution in [3.8, 4) is 0 Å². The van der Waals surface area contributed by atoms with Crippen LogP contribution in [0.4, 0.5) is 18.3 Å². The van der Waals surface area contributed by atoms with Gasteiger partial charge in [-0.3, -0.25) is 4.90 Å². The minimum Gasteiger partial charge on any atom is -0.390 e. The molecular weight excluding hydrogens is 309 g/mol. The van der Waals surface area contributed by atoms with Crippen LogP contribution < -0.4 is 4.90 Å². The molecule has 21 heavy (non-hydrogen) atoms. The lowest BCUT2D eigenvalue weighted by Gasteiger charge is -2.29. The standard InChI is InChI=1S/C11H17F3N4O2S/c1-17(10-16-15-9(21-10)11(12,13)14)6-8(19)7-18-2-4-20-5-3-18/h8,19H,2-7H2,1H3. The van der Waals surface area contributed by atoms with E-state index in [1.807, 2.05) is 0 Å². The Labute approximate surface area is 124 Å². The molecule has 0 amide bonds. The average molecular weight is 326 g/mol. The molecule has 1 fully saturated rings.